The molecule has 3 aromatic rings. The third-order valence-electron chi connectivity index (χ3n) is 6.30. The predicted molar refractivity (Wildman–Crippen MR) is 122 cm³/mol. The van der Waals surface area contributed by atoms with Gasteiger partial charge in [-0.2, -0.15) is 0 Å². The van der Waals surface area contributed by atoms with Crippen molar-refractivity contribution in [1.82, 2.24) is 14.9 Å². The van der Waals surface area contributed by atoms with Gasteiger partial charge >= 0.3 is 0 Å². The molecule has 156 valence electrons. The number of fused-ring (bicyclic) bond motifs is 3. The molecule has 1 atom stereocenters. The van der Waals surface area contributed by atoms with Gasteiger partial charge in [0.1, 0.15) is 11.4 Å². The molecule has 5 heterocycles. The first-order valence-electron chi connectivity index (χ1n) is 10.9. The Bertz CT molecular complexity index is 1100. The highest BCUT2D eigenvalue weighted by molar-refractivity contribution is 5.58. The van der Waals surface area contributed by atoms with Crippen LogP contribution in [-0.2, 0) is 6.42 Å². The Morgan fingerprint density at radius 3 is 2.65 bits per heavy atom. The van der Waals surface area contributed by atoms with E-state index in [0.717, 1.165) is 55.0 Å². The number of hydrogen-bond acceptors (Lipinski definition) is 5. The number of hydrogen-bond donors (Lipinski definition) is 2. The van der Waals surface area contributed by atoms with Crippen molar-refractivity contribution in [3.8, 4) is 11.8 Å². The van der Waals surface area contributed by atoms with Crippen LogP contribution in [0, 0.1) is 17.8 Å². The van der Waals surface area contributed by atoms with Crippen LogP contribution in [-0.4, -0.2) is 45.2 Å². The first-order chi connectivity index (χ1) is 15.2. The molecule has 0 amide bonds. The van der Waals surface area contributed by atoms with Crippen LogP contribution in [0.4, 0.5) is 11.5 Å². The van der Waals surface area contributed by atoms with Crippen molar-refractivity contribution in [1.29, 1.82) is 0 Å². The van der Waals surface area contributed by atoms with Gasteiger partial charge in [0.25, 0.3) is 0 Å². The Hall–Kier alpha value is -3.20. The van der Waals surface area contributed by atoms with Crippen molar-refractivity contribution in [2.24, 2.45) is 5.92 Å². The van der Waals surface area contributed by atoms with Gasteiger partial charge < -0.3 is 10.4 Å². The van der Waals surface area contributed by atoms with Crippen molar-refractivity contribution in [3.05, 3.63) is 83.8 Å². The number of rotatable bonds is 4. The maximum atomic E-state index is 11.2. The second-order valence-corrected chi connectivity index (χ2v) is 8.48. The Morgan fingerprint density at radius 2 is 1.94 bits per heavy atom. The molecule has 0 radical (unpaired) electrons. The monoisotopic (exact) mass is 410 g/mol. The summed E-state index contributed by atoms with van der Waals surface area (Å²) >= 11 is 0. The summed E-state index contributed by atoms with van der Waals surface area (Å²) in [4.78, 5) is 11.0. The van der Waals surface area contributed by atoms with Crippen LogP contribution in [0.2, 0.25) is 0 Å². The minimum atomic E-state index is -0.923. The van der Waals surface area contributed by atoms with Crippen LogP contribution in [0.1, 0.15) is 29.5 Å². The largest absolute Gasteiger partial charge is 0.376 e. The third kappa shape index (κ3) is 4.46. The van der Waals surface area contributed by atoms with Crippen molar-refractivity contribution in [2.45, 2.75) is 24.9 Å². The Morgan fingerprint density at radius 1 is 1.10 bits per heavy atom. The number of benzene rings is 1. The Kier molecular flexibility index (Phi) is 5.42. The van der Waals surface area contributed by atoms with Crippen molar-refractivity contribution >= 4 is 11.5 Å². The Labute approximate surface area is 183 Å². The van der Waals surface area contributed by atoms with Gasteiger partial charge in [-0.25, -0.2) is 4.98 Å². The number of pyridine rings is 2. The van der Waals surface area contributed by atoms with Crippen LogP contribution < -0.4 is 5.32 Å². The number of nitrogens with one attached hydrogen (secondary N) is 1. The lowest BCUT2D eigenvalue weighted by Crippen LogP contribution is -2.58. The van der Waals surface area contributed by atoms with Gasteiger partial charge in [0.15, 0.2) is 0 Å². The second-order valence-electron chi connectivity index (χ2n) is 8.48. The standard InChI is InChI=1S/C26H26N4O/c31-26(19-30-13-9-23(26)10-14-30)11-8-21-17-28-25(29-24-7-4-12-27-18-24)16-22(21)15-20-5-2-1-3-6-20/h1-7,12,16-18,23,31H,9-10,13-15,19H2,(H,28,29). The zero-order valence-electron chi connectivity index (χ0n) is 17.5. The first kappa shape index (κ1) is 19.7. The molecule has 3 fully saturated rings. The number of nitrogens with zero attached hydrogens (tertiary/aromatic N) is 3. The summed E-state index contributed by atoms with van der Waals surface area (Å²) in [5.41, 5.74) is 3.13. The topological polar surface area (TPSA) is 61.3 Å². The van der Waals surface area contributed by atoms with Crippen molar-refractivity contribution in [3.63, 3.8) is 0 Å². The fraction of sp³-hybridized carbons (Fsp3) is 0.308. The van der Waals surface area contributed by atoms with E-state index in [9.17, 15) is 5.11 Å². The van der Waals surface area contributed by atoms with Gasteiger partial charge in [-0.15, -0.1) is 0 Å². The fourth-order valence-electron chi connectivity index (χ4n) is 4.58. The minimum Gasteiger partial charge on any atom is -0.376 e. The third-order valence-corrected chi connectivity index (χ3v) is 6.30. The highest BCUT2D eigenvalue weighted by atomic mass is 16.3. The molecule has 31 heavy (non-hydrogen) atoms. The van der Waals surface area contributed by atoms with E-state index in [1.165, 1.54) is 5.56 Å². The van der Waals surface area contributed by atoms with E-state index < -0.39 is 5.60 Å². The lowest BCUT2D eigenvalue weighted by Gasteiger charge is -2.47. The molecular formula is C26H26N4O. The molecule has 2 bridgehead atoms. The summed E-state index contributed by atoms with van der Waals surface area (Å²) in [7, 11) is 0. The molecule has 2 N–H and O–H groups in total. The molecule has 3 aliphatic heterocycles. The smallest absolute Gasteiger partial charge is 0.141 e. The van der Waals surface area contributed by atoms with Crippen molar-refractivity contribution < 1.29 is 5.11 Å². The highest BCUT2D eigenvalue weighted by Gasteiger charge is 2.44. The van der Waals surface area contributed by atoms with Crippen LogP contribution in [0.15, 0.2) is 67.1 Å². The molecule has 0 spiro atoms. The van der Waals surface area contributed by atoms with Gasteiger partial charge in [-0.1, -0.05) is 42.2 Å². The number of anilines is 2. The van der Waals surface area contributed by atoms with E-state index >= 15 is 0 Å². The van der Waals surface area contributed by atoms with Gasteiger partial charge in [0, 0.05) is 30.4 Å². The normalized spacial score (nSPS) is 24.3. The fourth-order valence-corrected chi connectivity index (χ4v) is 4.58. The van der Waals surface area contributed by atoms with E-state index in [4.69, 9.17) is 0 Å². The zero-order valence-corrected chi connectivity index (χ0v) is 17.5. The SMILES string of the molecule is OC1(C#Cc2cnc(Nc3cccnc3)cc2Cc2ccccc2)CN2CCC1CC2. The molecule has 2 aromatic heterocycles. The molecule has 1 aromatic carbocycles. The molecule has 5 nitrogen and oxygen atoms in total. The van der Waals surface area contributed by atoms with Crippen LogP contribution in [0.3, 0.4) is 0 Å². The number of aromatic nitrogens is 2. The zero-order chi connectivity index (χ0) is 21.1. The summed E-state index contributed by atoms with van der Waals surface area (Å²) in [6.07, 6.45) is 8.13. The molecule has 1 unspecified atom stereocenters. The minimum absolute atomic E-state index is 0.266. The van der Waals surface area contributed by atoms with Gasteiger partial charge in [-0.05, 0) is 61.7 Å². The summed E-state index contributed by atoms with van der Waals surface area (Å²) in [6, 6.07) is 16.3. The molecule has 0 aliphatic carbocycles. The summed E-state index contributed by atoms with van der Waals surface area (Å²) in [5.74, 6) is 7.55. The van der Waals surface area contributed by atoms with Crippen LogP contribution in [0.25, 0.3) is 0 Å². The lowest BCUT2D eigenvalue weighted by molar-refractivity contribution is -0.0713. The van der Waals surface area contributed by atoms with Gasteiger partial charge in [0.05, 0.1) is 11.9 Å². The van der Waals surface area contributed by atoms with Gasteiger partial charge in [-0.3, -0.25) is 9.88 Å². The average molecular weight is 411 g/mol. The predicted octanol–water partition coefficient (Wildman–Crippen LogP) is 3.62. The molecule has 3 aliphatic rings. The molecule has 0 saturated carbocycles. The first-order valence-corrected chi connectivity index (χ1v) is 10.9. The maximum Gasteiger partial charge on any atom is 0.141 e. The van der Waals surface area contributed by atoms with Crippen LogP contribution >= 0.6 is 0 Å². The van der Waals surface area contributed by atoms with E-state index in [-0.39, 0.29) is 5.92 Å². The van der Waals surface area contributed by atoms with E-state index in [0.29, 0.717) is 6.54 Å². The van der Waals surface area contributed by atoms with E-state index in [1.807, 2.05) is 42.6 Å². The number of piperidine rings is 3. The Balaban J connectivity index is 1.46. The number of aliphatic hydroxyl groups is 1. The molecule has 6 rings (SSSR count). The van der Waals surface area contributed by atoms with E-state index in [2.05, 4.69) is 44.2 Å². The molecular weight excluding hydrogens is 384 g/mol. The second kappa shape index (κ2) is 8.50. The van der Waals surface area contributed by atoms with E-state index in [1.54, 1.807) is 12.4 Å². The molecule has 3 saturated heterocycles. The van der Waals surface area contributed by atoms with Crippen molar-refractivity contribution in [2.75, 3.05) is 25.0 Å². The quantitative estimate of drug-likeness (QED) is 0.644. The summed E-state index contributed by atoms with van der Waals surface area (Å²) < 4.78 is 0. The molecule has 5 heteroatoms. The summed E-state index contributed by atoms with van der Waals surface area (Å²) in [6.45, 7) is 2.79. The lowest BCUT2D eigenvalue weighted by atomic mass is 9.75. The maximum absolute atomic E-state index is 11.2. The van der Waals surface area contributed by atoms with Gasteiger partial charge in [0.2, 0.25) is 0 Å². The average Bonchev–Trinajstić information content (AvgIpc) is 2.81. The summed E-state index contributed by atoms with van der Waals surface area (Å²) in [5, 5.41) is 14.5. The highest BCUT2D eigenvalue weighted by Crippen LogP contribution is 2.35. The van der Waals surface area contributed by atoms with Crippen LogP contribution in [0.5, 0.6) is 0 Å².